The molecule has 1 saturated heterocycles. The van der Waals surface area contributed by atoms with E-state index in [0.717, 1.165) is 49.1 Å². The van der Waals surface area contributed by atoms with Crippen LogP contribution in [-0.4, -0.2) is 41.0 Å². The van der Waals surface area contributed by atoms with Gasteiger partial charge in [0.2, 0.25) is 0 Å². The van der Waals surface area contributed by atoms with Gasteiger partial charge in [0.15, 0.2) is 0 Å². The predicted octanol–water partition coefficient (Wildman–Crippen LogP) is 2.29. The molecular weight excluding hydrogens is 276 g/mol. The van der Waals surface area contributed by atoms with E-state index in [9.17, 15) is 0 Å². The monoisotopic (exact) mass is 294 g/mol. The Morgan fingerprint density at radius 2 is 2.05 bits per heavy atom. The van der Waals surface area contributed by atoms with Gasteiger partial charge in [0.05, 0.1) is 11.6 Å². The normalized spacial score (nSPS) is 16.9. The van der Waals surface area contributed by atoms with E-state index < -0.39 is 0 Å². The van der Waals surface area contributed by atoms with E-state index in [2.05, 4.69) is 34.4 Å². The van der Waals surface area contributed by atoms with Gasteiger partial charge in [-0.05, 0) is 13.8 Å². The minimum Gasteiger partial charge on any atom is -0.314 e. The largest absolute Gasteiger partial charge is 0.314 e. The number of rotatable bonds is 3. The summed E-state index contributed by atoms with van der Waals surface area (Å²) in [5, 5.41) is 7.82. The maximum Gasteiger partial charge on any atom is 0.107 e. The second-order valence-electron chi connectivity index (χ2n) is 4.79. The zero-order valence-electron chi connectivity index (χ0n) is 11.3. The molecule has 1 fully saturated rings. The molecule has 0 radical (unpaired) electrons. The first-order valence-corrected chi connectivity index (χ1v) is 8.24. The number of nitrogens with one attached hydrogen (secondary N) is 1. The number of nitrogens with zero attached hydrogens (tertiary/aromatic N) is 3. The number of thiazole rings is 2. The first-order valence-electron chi connectivity index (χ1n) is 6.54. The molecule has 1 aliphatic rings. The number of hydrogen-bond acceptors (Lipinski definition) is 6. The van der Waals surface area contributed by atoms with Crippen LogP contribution in [-0.2, 0) is 6.54 Å². The molecule has 0 aromatic carbocycles. The molecule has 0 aliphatic carbocycles. The second-order valence-corrected chi connectivity index (χ2v) is 7.14. The van der Waals surface area contributed by atoms with Gasteiger partial charge in [-0.2, -0.15) is 0 Å². The molecule has 19 heavy (non-hydrogen) atoms. The summed E-state index contributed by atoms with van der Waals surface area (Å²) in [7, 11) is 0. The fraction of sp³-hybridized carbons (Fsp3) is 0.538. The molecule has 0 saturated carbocycles. The highest BCUT2D eigenvalue weighted by Crippen LogP contribution is 2.28. The Bertz CT molecular complexity index is 555. The van der Waals surface area contributed by atoms with Crippen molar-refractivity contribution < 1.29 is 0 Å². The summed E-state index contributed by atoms with van der Waals surface area (Å²) in [5.74, 6) is 0. The van der Waals surface area contributed by atoms with E-state index in [4.69, 9.17) is 4.98 Å². The topological polar surface area (TPSA) is 41.1 Å². The van der Waals surface area contributed by atoms with E-state index in [1.54, 1.807) is 22.7 Å². The van der Waals surface area contributed by atoms with Crippen LogP contribution >= 0.6 is 22.7 Å². The Hall–Kier alpha value is -0.820. The molecule has 0 bridgehead atoms. The number of hydrogen-bond donors (Lipinski definition) is 1. The van der Waals surface area contributed by atoms with Crippen LogP contribution in [0.15, 0.2) is 5.38 Å². The highest BCUT2D eigenvalue weighted by Gasteiger charge is 2.15. The van der Waals surface area contributed by atoms with Crippen LogP contribution in [0.25, 0.3) is 11.4 Å². The third-order valence-electron chi connectivity index (χ3n) is 3.27. The summed E-state index contributed by atoms with van der Waals surface area (Å²) in [6.07, 6.45) is 0. The molecule has 3 rings (SSSR count). The van der Waals surface area contributed by atoms with Gasteiger partial charge in [0.1, 0.15) is 16.4 Å². The lowest BCUT2D eigenvalue weighted by molar-refractivity contribution is 0.233. The van der Waals surface area contributed by atoms with E-state index in [0.29, 0.717) is 0 Å². The van der Waals surface area contributed by atoms with Gasteiger partial charge in [-0.1, -0.05) is 0 Å². The second kappa shape index (κ2) is 5.66. The molecule has 1 N–H and O–H groups in total. The molecule has 102 valence electrons. The molecule has 3 heterocycles. The first-order chi connectivity index (χ1) is 9.22. The van der Waals surface area contributed by atoms with Gasteiger partial charge in [-0.15, -0.1) is 22.7 Å². The van der Waals surface area contributed by atoms with Gasteiger partial charge in [0, 0.05) is 36.4 Å². The fourth-order valence-corrected chi connectivity index (χ4v) is 3.97. The van der Waals surface area contributed by atoms with E-state index >= 15 is 0 Å². The molecular formula is C13H18N4S2. The number of aryl methyl sites for hydroxylation is 2. The third-order valence-corrected chi connectivity index (χ3v) is 4.99. The van der Waals surface area contributed by atoms with Crippen LogP contribution in [0.3, 0.4) is 0 Å². The van der Waals surface area contributed by atoms with Crippen molar-refractivity contribution in [2.45, 2.75) is 20.4 Å². The zero-order valence-corrected chi connectivity index (χ0v) is 12.9. The summed E-state index contributed by atoms with van der Waals surface area (Å²) < 4.78 is 0. The summed E-state index contributed by atoms with van der Waals surface area (Å²) in [6.45, 7) is 9.54. The van der Waals surface area contributed by atoms with E-state index in [1.165, 1.54) is 9.88 Å². The van der Waals surface area contributed by atoms with Crippen molar-refractivity contribution in [2.24, 2.45) is 0 Å². The maximum atomic E-state index is 4.75. The zero-order chi connectivity index (χ0) is 13.2. The average molecular weight is 294 g/mol. The van der Waals surface area contributed by atoms with Crippen molar-refractivity contribution >= 4 is 22.7 Å². The Balaban J connectivity index is 1.74. The van der Waals surface area contributed by atoms with Gasteiger partial charge < -0.3 is 5.32 Å². The number of piperazine rings is 1. The standard InChI is InChI=1S/C13H18N4S2/c1-9-13(15-10(2)19-9)11-8-18-12(16-11)7-17-5-3-14-4-6-17/h8,14H,3-7H2,1-2H3. The SMILES string of the molecule is Cc1nc(-c2csc(CN3CCNCC3)n2)c(C)s1. The highest BCUT2D eigenvalue weighted by molar-refractivity contribution is 7.12. The Kier molecular flexibility index (Phi) is 3.93. The molecule has 0 amide bonds. The summed E-state index contributed by atoms with van der Waals surface area (Å²) in [5.41, 5.74) is 2.10. The molecule has 0 spiro atoms. The highest BCUT2D eigenvalue weighted by atomic mass is 32.1. The Labute approximate surface area is 121 Å². The van der Waals surface area contributed by atoms with Crippen LogP contribution in [0.1, 0.15) is 14.9 Å². The molecule has 6 heteroatoms. The lowest BCUT2D eigenvalue weighted by Crippen LogP contribution is -2.42. The third kappa shape index (κ3) is 3.02. The van der Waals surface area contributed by atoms with Crippen LogP contribution < -0.4 is 5.32 Å². The quantitative estimate of drug-likeness (QED) is 0.943. The van der Waals surface area contributed by atoms with Gasteiger partial charge >= 0.3 is 0 Å². The van der Waals surface area contributed by atoms with Crippen LogP contribution in [0, 0.1) is 13.8 Å². The lowest BCUT2D eigenvalue weighted by Gasteiger charge is -2.26. The minimum absolute atomic E-state index is 0.967. The fourth-order valence-electron chi connectivity index (χ4n) is 2.32. The van der Waals surface area contributed by atoms with Crippen molar-refractivity contribution in [3.8, 4) is 11.4 Å². The average Bonchev–Trinajstić information content (AvgIpc) is 2.97. The molecule has 0 atom stereocenters. The summed E-state index contributed by atoms with van der Waals surface area (Å²) >= 11 is 3.49. The van der Waals surface area contributed by atoms with Crippen molar-refractivity contribution in [1.82, 2.24) is 20.2 Å². The smallest absolute Gasteiger partial charge is 0.107 e. The Morgan fingerprint density at radius 1 is 1.26 bits per heavy atom. The predicted molar refractivity (Wildman–Crippen MR) is 80.8 cm³/mol. The molecule has 2 aromatic rings. The van der Waals surface area contributed by atoms with Crippen molar-refractivity contribution in [3.63, 3.8) is 0 Å². The molecule has 1 aliphatic heterocycles. The van der Waals surface area contributed by atoms with Gasteiger partial charge in [0.25, 0.3) is 0 Å². The molecule has 0 unspecified atom stereocenters. The van der Waals surface area contributed by atoms with Crippen molar-refractivity contribution in [3.05, 3.63) is 20.3 Å². The van der Waals surface area contributed by atoms with E-state index in [-0.39, 0.29) is 0 Å². The van der Waals surface area contributed by atoms with Crippen LogP contribution in [0.2, 0.25) is 0 Å². The molecule has 4 nitrogen and oxygen atoms in total. The summed E-state index contributed by atoms with van der Waals surface area (Å²) in [6, 6.07) is 0. The van der Waals surface area contributed by atoms with Gasteiger partial charge in [-0.3, -0.25) is 4.90 Å². The maximum absolute atomic E-state index is 4.75. The van der Waals surface area contributed by atoms with Crippen molar-refractivity contribution in [2.75, 3.05) is 26.2 Å². The minimum atomic E-state index is 0.967. The Morgan fingerprint density at radius 3 is 2.74 bits per heavy atom. The van der Waals surface area contributed by atoms with Crippen LogP contribution in [0.5, 0.6) is 0 Å². The molecule has 2 aromatic heterocycles. The van der Waals surface area contributed by atoms with Crippen LogP contribution in [0.4, 0.5) is 0 Å². The van der Waals surface area contributed by atoms with Crippen molar-refractivity contribution in [1.29, 1.82) is 0 Å². The number of aromatic nitrogens is 2. The first kappa shape index (κ1) is 13.2. The van der Waals surface area contributed by atoms with E-state index in [1.807, 2.05) is 0 Å². The van der Waals surface area contributed by atoms with Gasteiger partial charge in [-0.25, -0.2) is 9.97 Å². The lowest BCUT2D eigenvalue weighted by atomic mass is 10.3. The summed E-state index contributed by atoms with van der Waals surface area (Å²) in [4.78, 5) is 13.0.